The Morgan fingerprint density at radius 2 is 1.84 bits per heavy atom. The average molecular weight is 260 g/mol. The van der Waals surface area contributed by atoms with Crippen molar-refractivity contribution in [2.75, 3.05) is 18.0 Å². The van der Waals surface area contributed by atoms with Crippen LogP contribution in [0.3, 0.4) is 0 Å². The van der Waals surface area contributed by atoms with Gasteiger partial charge in [0, 0.05) is 25.3 Å². The first-order valence-corrected chi connectivity index (χ1v) is 7.46. The highest BCUT2D eigenvalue weighted by molar-refractivity contribution is 5.55. The summed E-state index contributed by atoms with van der Waals surface area (Å²) in [6, 6.07) is 6.67. The first-order chi connectivity index (χ1) is 8.91. The van der Waals surface area contributed by atoms with Crippen molar-refractivity contribution in [2.45, 2.75) is 47.1 Å². The Bertz CT molecular complexity index is 423. The molecule has 0 unspecified atom stereocenters. The molecule has 1 fully saturated rings. The minimum Gasteiger partial charge on any atom is -0.371 e. The van der Waals surface area contributed by atoms with E-state index in [-0.39, 0.29) is 0 Å². The molecule has 0 bridgehead atoms. The molecule has 2 heteroatoms. The van der Waals surface area contributed by atoms with E-state index in [2.05, 4.69) is 50.8 Å². The fourth-order valence-corrected chi connectivity index (χ4v) is 3.17. The summed E-state index contributed by atoms with van der Waals surface area (Å²) in [6.07, 6.45) is 2.59. The van der Waals surface area contributed by atoms with E-state index in [1.54, 1.807) is 0 Å². The highest BCUT2D eigenvalue weighted by Crippen LogP contribution is 2.36. The summed E-state index contributed by atoms with van der Waals surface area (Å²) in [5.41, 5.74) is 10.3. The predicted octanol–water partition coefficient (Wildman–Crippen LogP) is 3.72. The zero-order valence-electron chi connectivity index (χ0n) is 12.9. The van der Waals surface area contributed by atoms with E-state index in [1.807, 2.05) is 0 Å². The molecule has 0 amide bonds. The molecular weight excluding hydrogens is 232 g/mol. The Kier molecular flexibility index (Phi) is 4.19. The van der Waals surface area contributed by atoms with Gasteiger partial charge in [0.1, 0.15) is 0 Å². The average Bonchev–Trinajstić information content (AvgIpc) is 2.37. The molecular formula is C17H28N2. The molecule has 19 heavy (non-hydrogen) atoms. The molecule has 0 aliphatic carbocycles. The molecule has 1 heterocycles. The van der Waals surface area contributed by atoms with Crippen LogP contribution in [0.2, 0.25) is 0 Å². The summed E-state index contributed by atoms with van der Waals surface area (Å²) >= 11 is 0. The van der Waals surface area contributed by atoms with E-state index in [0.717, 1.165) is 19.0 Å². The van der Waals surface area contributed by atoms with E-state index in [1.165, 1.54) is 29.7 Å². The third-order valence-corrected chi connectivity index (χ3v) is 4.52. The van der Waals surface area contributed by atoms with Gasteiger partial charge in [-0.2, -0.15) is 0 Å². The van der Waals surface area contributed by atoms with Gasteiger partial charge in [0.15, 0.2) is 0 Å². The Morgan fingerprint density at radius 3 is 2.37 bits per heavy atom. The summed E-state index contributed by atoms with van der Waals surface area (Å²) in [4.78, 5) is 2.52. The molecule has 1 aromatic carbocycles. The molecule has 1 aliphatic heterocycles. The van der Waals surface area contributed by atoms with Crippen molar-refractivity contribution >= 4 is 5.69 Å². The Labute approximate surface area is 118 Å². The molecule has 0 atom stereocenters. The van der Waals surface area contributed by atoms with Crippen molar-refractivity contribution in [3.8, 4) is 0 Å². The van der Waals surface area contributed by atoms with Gasteiger partial charge in [0.05, 0.1) is 0 Å². The van der Waals surface area contributed by atoms with E-state index in [4.69, 9.17) is 5.73 Å². The maximum atomic E-state index is 5.90. The van der Waals surface area contributed by atoms with Gasteiger partial charge in [-0.15, -0.1) is 0 Å². The molecule has 1 aromatic rings. The van der Waals surface area contributed by atoms with Crippen molar-refractivity contribution in [3.05, 3.63) is 29.3 Å². The summed E-state index contributed by atoms with van der Waals surface area (Å²) in [5.74, 6) is 0.843. The van der Waals surface area contributed by atoms with Crippen LogP contribution in [0.1, 0.15) is 44.7 Å². The van der Waals surface area contributed by atoms with E-state index < -0.39 is 0 Å². The topological polar surface area (TPSA) is 29.3 Å². The molecule has 1 aliphatic rings. The van der Waals surface area contributed by atoms with Crippen LogP contribution in [-0.4, -0.2) is 13.1 Å². The van der Waals surface area contributed by atoms with Gasteiger partial charge in [-0.05, 0) is 42.7 Å². The zero-order chi connectivity index (χ0) is 14.0. The Hall–Kier alpha value is -1.02. The monoisotopic (exact) mass is 260 g/mol. The second kappa shape index (κ2) is 5.54. The fraction of sp³-hybridized carbons (Fsp3) is 0.647. The van der Waals surface area contributed by atoms with Gasteiger partial charge >= 0.3 is 0 Å². The lowest BCUT2D eigenvalue weighted by atomic mass is 9.75. The molecule has 0 spiro atoms. The van der Waals surface area contributed by atoms with Crippen LogP contribution in [-0.2, 0) is 6.54 Å². The number of nitrogens with two attached hydrogens (primary N) is 1. The van der Waals surface area contributed by atoms with Gasteiger partial charge in [-0.3, -0.25) is 0 Å². The summed E-state index contributed by atoms with van der Waals surface area (Å²) in [7, 11) is 0. The quantitative estimate of drug-likeness (QED) is 0.878. The van der Waals surface area contributed by atoms with Gasteiger partial charge in [0.2, 0.25) is 0 Å². The second-order valence-electron chi connectivity index (χ2n) is 6.96. The number of aryl methyl sites for hydroxylation is 1. The van der Waals surface area contributed by atoms with Crippen LogP contribution >= 0.6 is 0 Å². The first kappa shape index (κ1) is 14.4. The van der Waals surface area contributed by atoms with Crippen LogP contribution < -0.4 is 10.6 Å². The van der Waals surface area contributed by atoms with Crippen LogP contribution in [0.15, 0.2) is 18.2 Å². The van der Waals surface area contributed by atoms with Gasteiger partial charge in [-0.25, -0.2) is 0 Å². The summed E-state index contributed by atoms with van der Waals surface area (Å²) < 4.78 is 0. The van der Waals surface area contributed by atoms with E-state index >= 15 is 0 Å². The molecule has 0 radical (unpaired) electrons. The zero-order valence-corrected chi connectivity index (χ0v) is 12.9. The third kappa shape index (κ3) is 3.30. The lowest BCUT2D eigenvalue weighted by Gasteiger charge is -2.40. The Balaban J connectivity index is 2.10. The molecule has 0 saturated carbocycles. The number of nitrogens with zero attached hydrogens (tertiary/aromatic N) is 1. The number of hydrogen-bond acceptors (Lipinski definition) is 2. The third-order valence-electron chi connectivity index (χ3n) is 4.52. The smallest absolute Gasteiger partial charge is 0.0411 e. The number of benzene rings is 1. The lowest BCUT2D eigenvalue weighted by molar-refractivity contribution is 0.199. The molecule has 1 saturated heterocycles. The second-order valence-corrected chi connectivity index (χ2v) is 6.96. The SMILES string of the molecule is Cc1ccc(N2CCC(C(C)(C)C)CC2)c(CN)c1. The van der Waals surface area contributed by atoms with Gasteiger partial charge in [-0.1, -0.05) is 38.5 Å². The summed E-state index contributed by atoms with van der Waals surface area (Å²) in [5, 5.41) is 0. The minimum atomic E-state index is 0.441. The largest absolute Gasteiger partial charge is 0.371 e. The van der Waals surface area contributed by atoms with Crippen LogP contribution in [0, 0.1) is 18.3 Å². The molecule has 2 N–H and O–H groups in total. The molecule has 106 valence electrons. The van der Waals surface area contributed by atoms with Crippen LogP contribution in [0.25, 0.3) is 0 Å². The Morgan fingerprint density at radius 1 is 1.21 bits per heavy atom. The van der Waals surface area contributed by atoms with Crippen molar-refractivity contribution in [3.63, 3.8) is 0 Å². The summed E-state index contributed by atoms with van der Waals surface area (Å²) in [6.45, 7) is 12.2. The number of anilines is 1. The van der Waals surface area contributed by atoms with Crippen molar-refractivity contribution in [2.24, 2.45) is 17.1 Å². The minimum absolute atomic E-state index is 0.441. The van der Waals surface area contributed by atoms with Gasteiger partial charge < -0.3 is 10.6 Å². The van der Waals surface area contributed by atoms with Crippen molar-refractivity contribution in [1.82, 2.24) is 0 Å². The number of rotatable bonds is 2. The maximum Gasteiger partial charge on any atom is 0.0411 e. The van der Waals surface area contributed by atoms with Crippen LogP contribution in [0.4, 0.5) is 5.69 Å². The van der Waals surface area contributed by atoms with E-state index in [0.29, 0.717) is 12.0 Å². The standard InChI is InChI=1S/C17H28N2/c1-13-5-6-16(14(11-13)12-18)19-9-7-15(8-10-19)17(2,3)4/h5-6,11,15H,7-10,12,18H2,1-4H3. The number of hydrogen-bond donors (Lipinski definition) is 1. The number of piperidine rings is 1. The molecule has 2 rings (SSSR count). The molecule has 2 nitrogen and oxygen atoms in total. The van der Waals surface area contributed by atoms with Crippen molar-refractivity contribution < 1.29 is 0 Å². The van der Waals surface area contributed by atoms with E-state index in [9.17, 15) is 0 Å². The lowest BCUT2D eigenvalue weighted by Crippen LogP contribution is -2.38. The molecule has 0 aromatic heterocycles. The maximum absolute atomic E-state index is 5.90. The predicted molar refractivity (Wildman–Crippen MR) is 83.5 cm³/mol. The van der Waals surface area contributed by atoms with Gasteiger partial charge in [0.25, 0.3) is 0 Å². The highest BCUT2D eigenvalue weighted by Gasteiger charge is 2.29. The normalized spacial score (nSPS) is 17.8. The van der Waals surface area contributed by atoms with Crippen molar-refractivity contribution in [1.29, 1.82) is 0 Å². The first-order valence-electron chi connectivity index (χ1n) is 7.46. The highest BCUT2D eigenvalue weighted by atomic mass is 15.1. The fourth-order valence-electron chi connectivity index (χ4n) is 3.17. The van der Waals surface area contributed by atoms with Crippen LogP contribution in [0.5, 0.6) is 0 Å².